The Morgan fingerprint density at radius 1 is 0.870 bits per heavy atom. The van der Waals surface area contributed by atoms with Crippen molar-refractivity contribution < 1.29 is 4.79 Å². The lowest BCUT2D eigenvalue weighted by atomic mass is 10.0. The lowest BCUT2D eigenvalue weighted by Gasteiger charge is -2.33. The van der Waals surface area contributed by atoms with Crippen molar-refractivity contribution in [3.05, 3.63) is 72.4 Å². The fourth-order valence-electron chi connectivity index (χ4n) is 3.53. The summed E-state index contributed by atoms with van der Waals surface area (Å²) in [4.78, 5) is 14.5. The number of nitrogens with zero attached hydrogens (tertiary/aromatic N) is 2. The maximum Gasteiger partial charge on any atom is 0.253 e. The first-order chi connectivity index (χ1) is 11.3. The number of aromatic nitrogens is 1. The fourth-order valence-corrected chi connectivity index (χ4v) is 3.53. The van der Waals surface area contributed by atoms with E-state index in [4.69, 9.17) is 0 Å². The number of rotatable bonds is 2. The minimum Gasteiger partial charge on any atom is -0.344 e. The van der Waals surface area contributed by atoms with Gasteiger partial charge < -0.3 is 9.47 Å². The molecule has 3 aromatic rings. The number of benzene rings is 2. The summed E-state index contributed by atoms with van der Waals surface area (Å²) < 4.78 is 2.37. The van der Waals surface area contributed by atoms with Gasteiger partial charge in [-0.15, -0.1) is 0 Å². The number of hydrogen-bond acceptors (Lipinski definition) is 1. The number of para-hydroxylation sites is 1. The van der Waals surface area contributed by atoms with Crippen molar-refractivity contribution in [2.45, 2.75) is 18.9 Å². The standard InChI is InChI=1S/C20H20N2O/c23-20(17-7-2-1-3-8-17)21-13-11-18(12-14-21)22-15-10-16-6-4-5-9-19(16)22/h1-10,15,18H,11-14H2. The monoisotopic (exact) mass is 304 g/mol. The van der Waals surface area contributed by atoms with Crippen molar-refractivity contribution >= 4 is 16.8 Å². The summed E-state index contributed by atoms with van der Waals surface area (Å²) in [5, 5.41) is 1.29. The molecular formula is C20H20N2O. The first-order valence-corrected chi connectivity index (χ1v) is 8.23. The molecule has 1 fully saturated rings. The molecule has 0 unspecified atom stereocenters. The predicted octanol–water partition coefficient (Wildman–Crippen LogP) is 4.12. The Hall–Kier alpha value is -2.55. The van der Waals surface area contributed by atoms with Gasteiger partial charge in [-0.25, -0.2) is 0 Å². The largest absolute Gasteiger partial charge is 0.344 e. The fraction of sp³-hybridized carbons (Fsp3) is 0.250. The zero-order chi connectivity index (χ0) is 15.6. The highest BCUT2D eigenvalue weighted by Gasteiger charge is 2.24. The molecule has 1 amide bonds. The molecule has 116 valence electrons. The van der Waals surface area contributed by atoms with Gasteiger partial charge >= 0.3 is 0 Å². The molecule has 1 aromatic heterocycles. The van der Waals surface area contributed by atoms with Crippen molar-refractivity contribution in [2.75, 3.05) is 13.1 Å². The number of carbonyl (C=O) groups is 1. The van der Waals surface area contributed by atoms with Crippen LogP contribution in [-0.4, -0.2) is 28.5 Å². The second kappa shape index (κ2) is 5.92. The van der Waals surface area contributed by atoms with Gasteiger partial charge in [-0.1, -0.05) is 36.4 Å². The van der Waals surface area contributed by atoms with Crippen LogP contribution in [0.4, 0.5) is 0 Å². The third kappa shape index (κ3) is 2.63. The van der Waals surface area contributed by atoms with Gasteiger partial charge in [0.1, 0.15) is 0 Å². The van der Waals surface area contributed by atoms with E-state index in [1.165, 1.54) is 10.9 Å². The van der Waals surface area contributed by atoms with Crippen LogP contribution in [0, 0.1) is 0 Å². The Morgan fingerprint density at radius 3 is 2.35 bits per heavy atom. The molecule has 0 radical (unpaired) electrons. The van der Waals surface area contributed by atoms with E-state index in [0.29, 0.717) is 6.04 Å². The quantitative estimate of drug-likeness (QED) is 0.699. The normalized spacial score (nSPS) is 15.9. The van der Waals surface area contributed by atoms with Crippen LogP contribution in [0.15, 0.2) is 66.9 Å². The number of likely N-dealkylation sites (tertiary alicyclic amines) is 1. The lowest BCUT2D eigenvalue weighted by molar-refractivity contribution is 0.0696. The molecule has 0 N–H and O–H groups in total. The zero-order valence-electron chi connectivity index (χ0n) is 13.1. The minimum atomic E-state index is 0.154. The Balaban J connectivity index is 1.48. The second-order valence-electron chi connectivity index (χ2n) is 6.17. The summed E-state index contributed by atoms with van der Waals surface area (Å²) >= 11 is 0. The summed E-state index contributed by atoms with van der Waals surface area (Å²) in [5.41, 5.74) is 2.08. The molecule has 1 aliphatic heterocycles. The van der Waals surface area contributed by atoms with Crippen LogP contribution in [0.2, 0.25) is 0 Å². The van der Waals surface area contributed by atoms with Gasteiger partial charge in [0.25, 0.3) is 5.91 Å². The van der Waals surface area contributed by atoms with Crippen molar-refractivity contribution in [3.63, 3.8) is 0 Å². The molecule has 1 aliphatic rings. The minimum absolute atomic E-state index is 0.154. The van der Waals surface area contributed by atoms with E-state index in [0.717, 1.165) is 31.5 Å². The van der Waals surface area contributed by atoms with Crippen molar-refractivity contribution in [1.82, 2.24) is 9.47 Å². The van der Waals surface area contributed by atoms with Crippen LogP contribution in [-0.2, 0) is 0 Å². The van der Waals surface area contributed by atoms with Crippen LogP contribution in [0.5, 0.6) is 0 Å². The summed E-state index contributed by atoms with van der Waals surface area (Å²) in [5.74, 6) is 0.154. The Bertz CT molecular complexity index is 814. The third-order valence-electron chi connectivity index (χ3n) is 4.80. The van der Waals surface area contributed by atoms with E-state index in [2.05, 4.69) is 41.1 Å². The van der Waals surface area contributed by atoms with Crippen LogP contribution >= 0.6 is 0 Å². The number of amides is 1. The van der Waals surface area contributed by atoms with E-state index in [-0.39, 0.29) is 5.91 Å². The Kier molecular flexibility index (Phi) is 3.62. The second-order valence-corrected chi connectivity index (χ2v) is 6.17. The molecule has 0 spiro atoms. The summed E-state index contributed by atoms with van der Waals surface area (Å²) in [6.07, 6.45) is 4.21. The number of fused-ring (bicyclic) bond motifs is 1. The maximum atomic E-state index is 12.5. The predicted molar refractivity (Wildman–Crippen MR) is 92.6 cm³/mol. The molecule has 0 bridgehead atoms. The smallest absolute Gasteiger partial charge is 0.253 e. The first-order valence-electron chi connectivity index (χ1n) is 8.23. The molecule has 2 aromatic carbocycles. The topological polar surface area (TPSA) is 25.2 Å². The molecule has 3 heteroatoms. The summed E-state index contributed by atoms with van der Waals surface area (Å²) in [6.45, 7) is 1.65. The molecule has 1 saturated heterocycles. The highest BCUT2D eigenvalue weighted by atomic mass is 16.2. The van der Waals surface area contributed by atoms with E-state index in [1.807, 2.05) is 35.2 Å². The van der Waals surface area contributed by atoms with E-state index in [1.54, 1.807) is 0 Å². The average Bonchev–Trinajstić information content (AvgIpc) is 3.06. The van der Waals surface area contributed by atoms with Crippen molar-refractivity contribution in [2.24, 2.45) is 0 Å². The van der Waals surface area contributed by atoms with Gasteiger partial charge in [0.15, 0.2) is 0 Å². The van der Waals surface area contributed by atoms with Gasteiger partial charge in [0.2, 0.25) is 0 Å². The maximum absolute atomic E-state index is 12.5. The highest BCUT2D eigenvalue weighted by molar-refractivity contribution is 5.94. The van der Waals surface area contributed by atoms with E-state index < -0.39 is 0 Å². The van der Waals surface area contributed by atoms with Gasteiger partial charge in [-0.05, 0) is 42.5 Å². The van der Waals surface area contributed by atoms with Gasteiger partial charge in [0, 0.05) is 36.4 Å². The molecular weight excluding hydrogens is 284 g/mol. The Morgan fingerprint density at radius 2 is 1.57 bits per heavy atom. The number of piperidine rings is 1. The number of hydrogen-bond donors (Lipinski definition) is 0. The SMILES string of the molecule is O=C(c1ccccc1)N1CCC(n2ccc3ccccc32)CC1. The van der Waals surface area contributed by atoms with Gasteiger partial charge in [-0.3, -0.25) is 4.79 Å². The summed E-state index contributed by atoms with van der Waals surface area (Å²) in [6, 6.07) is 20.7. The molecule has 0 aliphatic carbocycles. The first kappa shape index (κ1) is 14.1. The molecule has 4 rings (SSSR count). The highest BCUT2D eigenvalue weighted by Crippen LogP contribution is 2.28. The summed E-state index contributed by atoms with van der Waals surface area (Å²) in [7, 11) is 0. The van der Waals surface area contributed by atoms with Crippen LogP contribution in [0.1, 0.15) is 29.2 Å². The van der Waals surface area contributed by atoms with Gasteiger partial charge in [-0.2, -0.15) is 0 Å². The number of carbonyl (C=O) groups excluding carboxylic acids is 1. The molecule has 0 saturated carbocycles. The van der Waals surface area contributed by atoms with Crippen LogP contribution in [0.3, 0.4) is 0 Å². The van der Waals surface area contributed by atoms with Crippen molar-refractivity contribution in [3.8, 4) is 0 Å². The van der Waals surface area contributed by atoms with Gasteiger partial charge in [0.05, 0.1) is 0 Å². The molecule has 3 nitrogen and oxygen atoms in total. The molecule has 0 atom stereocenters. The van der Waals surface area contributed by atoms with Crippen LogP contribution in [0.25, 0.3) is 10.9 Å². The van der Waals surface area contributed by atoms with E-state index in [9.17, 15) is 4.79 Å². The lowest BCUT2D eigenvalue weighted by Crippen LogP contribution is -2.38. The molecule has 2 heterocycles. The van der Waals surface area contributed by atoms with Crippen molar-refractivity contribution in [1.29, 1.82) is 0 Å². The molecule has 23 heavy (non-hydrogen) atoms. The van der Waals surface area contributed by atoms with E-state index >= 15 is 0 Å². The zero-order valence-corrected chi connectivity index (χ0v) is 13.1. The average molecular weight is 304 g/mol. The van der Waals surface area contributed by atoms with Crippen LogP contribution < -0.4 is 0 Å². The Labute approximate surface area is 136 Å². The third-order valence-corrected chi connectivity index (χ3v) is 4.80.